The van der Waals surface area contributed by atoms with Crippen molar-refractivity contribution in [3.8, 4) is 0 Å². The fraction of sp³-hybridized carbons (Fsp3) is 0.533. The highest BCUT2D eigenvalue weighted by molar-refractivity contribution is 5.85. The Morgan fingerprint density at radius 3 is 2.38 bits per heavy atom. The minimum absolute atomic E-state index is 0. The summed E-state index contributed by atoms with van der Waals surface area (Å²) in [6.45, 7) is 5.82. The average Bonchev–Trinajstić information content (AvgIpc) is 2.47. The number of amides is 1. The van der Waals surface area contributed by atoms with Crippen LogP contribution in [0.2, 0.25) is 0 Å². The minimum Gasteiger partial charge on any atom is -0.376 e. The van der Waals surface area contributed by atoms with E-state index in [4.69, 9.17) is 0 Å². The standard InChI is InChI=1S/C15H23N3O.2ClH/c1-2-18-10-8-14(9-11-18)17-15(19)12-16-13-6-4-3-5-7-13;;/h3-7,14,16H,2,8-12H2,1H3,(H,17,19);2*1H. The van der Waals surface area contributed by atoms with Crippen LogP contribution in [-0.2, 0) is 4.79 Å². The van der Waals surface area contributed by atoms with E-state index in [-0.39, 0.29) is 30.7 Å². The summed E-state index contributed by atoms with van der Waals surface area (Å²) in [5, 5.41) is 6.24. The normalized spacial score (nSPS) is 15.5. The lowest BCUT2D eigenvalue weighted by atomic mass is 10.1. The van der Waals surface area contributed by atoms with Crippen LogP contribution in [0.4, 0.5) is 5.69 Å². The highest BCUT2D eigenvalue weighted by atomic mass is 35.5. The molecule has 1 aromatic rings. The molecule has 1 saturated heterocycles. The monoisotopic (exact) mass is 333 g/mol. The van der Waals surface area contributed by atoms with Crippen molar-refractivity contribution in [3.63, 3.8) is 0 Å². The van der Waals surface area contributed by atoms with Crippen molar-refractivity contribution in [3.05, 3.63) is 30.3 Å². The maximum Gasteiger partial charge on any atom is 0.239 e. The molecule has 2 rings (SSSR count). The quantitative estimate of drug-likeness (QED) is 0.870. The van der Waals surface area contributed by atoms with E-state index < -0.39 is 0 Å². The van der Waals surface area contributed by atoms with Gasteiger partial charge in [0.05, 0.1) is 6.54 Å². The van der Waals surface area contributed by atoms with Crippen molar-refractivity contribution in [1.29, 1.82) is 0 Å². The van der Waals surface area contributed by atoms with Crippen LogP contribution in [0.3, 0.4) is 0 Å². The third kappa shape index (κ3) is 7.02. The van der Waals surface area contributed by atoms with Crippen LogP contribution in [0, 0.1) is 0 Å². The second kappa shape index (κ2) is 10.7. The number of nitrogens with one attached hydrogen (secondary N) is 2. The van der Waals surface area contributed by atoms with Gasteiger partial charge in [-0.2, -0.15) is 0 Å². The van der Waals surface area contributed by atoms with Gasteiger partial charge in [-0.3, -0.25) is 4.79 Å². The molecule has 0 radical (unpaired) electrons. The largest absolute Gasteiger partial charge is 0.376 e. The third-order valence-electron chi connectivity index (χ3n) is 3.63. The first-order valence-corrected chi connectivity index (χ1v) is 7.08. The summed E-state index contributed by atoms with van der Waals surface area (Å²) >= 11 is 0. The van der Waals surface area contributed by atoms with E-state index in [1.807, 2.05) is 30.3 Å². The number of halogens is 2. The number of hydrogen-bond donors (Lipinski definition) is 2. The summed E-state index contributed by atoms with van der Waals surface area (Å²) in [5.41, 5.74) is 0.985. The minimum atomic E-state index is 0. The fourth-order valence-electron chi connectivity index (χ4n) is 2.41. The van der Waals surface area contributed by atoms with Crippen molar-refractivity contribution >= 4 is 36.4 Å². The molecule has 1 aromatic carbocycles. The van der Waals surface area contributed by atoms with Gasteiger partial charge in [0, 0.05) is 24.8 Å². The van der Waals surface area contributed by atoms with Gasteiger partial charge in [0.15, 0.2) is 0 Å². The number of carbonyl (C=O) groups is 1. The topological polar surface area (TPSA) is 44.4 Å². The molecule has 1 aliphatic heterocycles. The van der Waals surface area contributed by atoms with Gasteiger partial charge in [0.2, 0.25) is 5.91 Å². The summed E-state index contributed by atoms with van der Waals surface area (Å²) in [6, 6.07) is 10.2. The molecular weight excluding hydrogens is 309 g/mol. The Hall–Kier alpha value is -0.970. The first-order chi connectivity index (χ1) is 9.28. The van der Waals surface area contributed by atoms with Crippen molar-refractivity contribution < 1.29 is 4.79 Å². The Kier molecular flexibility index (Phi) is 10.2. The summed E-state index contributed by atoms with van der Waals surface area (Å²) in [6.07, 6.45) is 2.12. The lowest BCUT2D eigenvalue weighted by Gasteiger charge is -2.31. The summed E-state index contributed by atoms with van der Waals surface area (Å²) in [5.74, 6) is 0.0822. The number of nitrogens with zero attached hydrogens (tertiary/aromatic N) is 1. The maximum atomic E-state index is 11.8. The number of hydrogen-bond acceptors (Lipinski definition) is 3. The van der Waals surface area contributed by atoms with Crippen molar-refractivity contribution in [2.45, 2.75) is 25.8 Å². The van der Waals surface area contributed by atoms with Crippen LogP contribution >= 0.6 is 24.8 Å². The number of anilines is 1. The zero-order valence-corrected chi connectivity index (χ0v) is 14.0. The zero-order chi connectivity index (χ0) is 13.5. The second-order valence-corrected chi connectivity index (χ2v) is 5.00. The summed E-state index contributed by atoms with van der Waals surface area (Å²) < 4.78 is 0. The lowest BCUT2D eigenvalue weighted by Crippen LogP contribution is -2.45. The van der Waals surface area contributed by atoms with Gasteiger partial charge in [0.1, 0.15) is 0 Å². The van der Waals surface area contributed by atoms with Crippen molar-refractivity contribution in [1.82, 2.24) is 10.2 Å². The van der Waals surface area contributed by atoms with Crippen LogP contribution < -0.4 is 10.6 Å². The molecule has 0 aliphatic carbocycles. The Bertz CT molecular complexity index is 395. The van der Waals surface area contributed by atoms with Crippen LogP contribution in [0.1, 0.15) is 19.8 Å². The molecule has 0 spiro atoms. The van der Waals surface area contributed by atoms with Gasteiger partial charge in [-0.05, 0) is 31.5 Å². The predicted molar refractivity (Wildman–Crippen MR) is 92.7 cm³/mol. The molecule has 0 bridgehead atoms. The number of para-hydroxylation sites is 1. The van der Waals surface area contributed by atoms with E-state index in [0.717, 1.165) is 38.2 Å². The molecule has 4 nitrogen and oxygen atoms in total. The van der Waals surface area contributed by atoms with Crippen LogP contribution in [0.15, 0.2) is 30.3 Å². The second-order valence-electron chi connectivity index (χ2n) is 5.00. The fourth-order valence-corrected chi connectivity index (χ4v) is 2.41. The smallest absolute Gasteiger partial charge is 0.239 e. The molecule has 1 aliphatic rings. The molecule has 1 heterocycles. The highest BCUT2D eigenvalue weighted by Crippen LogP contribution is 2.09. The molecule has 0 atom stereocenters. The molecule has 0 unspecified atom stereocenters. The number of rotatable bonds is 5. The van der Waals surface area contributed by atoms with Gasteiger partial charge in [-0.25, -0.2) is 0 Å². The number of piperidine rings is 1. The van der Waals surface area contributed by atoms with E-state index in [2.05, 4.69) is 22.5 Å². The maximum absolute atomic E-state index is 11.8. The average molecular weight is 334 g/mol. The summed E-state index contributed by atoms with van der Waals surface area (Å²) in [4.78, 5) is 14.3. The highest BCUT2D eigenvalue weighted by Gasteiger charge is 2.19. The predicted octanol–water partition coefficient (Wildman–Crippen LogP) is 2.54. The first-order valence-electron chi connectivity index (χ1n) is 7.08. The van der Waals surface area contributed by atoms with Crippen molar-refractivity contribution in [2.24, 2.45) is 0 Å². The summed E-state index contributed by atoms with van der Waals surface area (Å²) in [7, 11) is 0. The Morgan fingerprint density at radius 1 is 1.19 bits per heavy atom. The van der Waals surface area contributed by atoms with Gasteiger partial charge in [-0.15, -0.1) is 24.8 Å². The Morgan fingerprint density at radius 2 is 1.81 bits per heavy atom. The van der Waals surface area contributed by atoms with Crippen molar-refractivity contribution in [2.75, 3.05) is 31.5 Å². The zero-order valence-electron chi connectivity index (χ0n) is 12.4. The molecule has 0 aromatic heterocycles. The third-order valence-corrected chi connectivity index (χ3v) is 3.63. The van der Waals surface area contributed by atoms with E-state index >= 15 is 0 Å². The molecule has 6 heteroatoms. The van der Waals surface area contributed by atoms with Crippen LogP contribution in [0.5, 0.6) is 0 Å². The number of benzene rings is 1. The Labute approximate surface area is 139 Å². The van der Waals surface area contributed by atoms with Crippen LogP contribution in [0.25, 0.3) is 0 Å². The number of carbonyl (C=O) groups excluding carboxylic acids is 1. The van der Waals surface area contributed by atoms with E-state index in [1.54, 1.807) is 0 Å². The molecule has 1 amide bonds. The van der Waals surface area contributed by atoms with Crippen LogP contribution in [-0.4, -0.2) is 43.0 Å². The molecular formula is C15H25Cl2N3O. The molecule has 120 valence electrons. The SMILES string of the molecule is CCN1CCC(NC(=O)CNc2ccccc2)CC1.Cl.Cl. The number of likely N-dealkylation sites (tertiary alicyclic amines) is 1. The van der Waals surface area contributed by atoms with Gasteiger partial charge in [-0.1, -0.05) is 25.1 Å². The molecule has 1 fully saturated rings. The van der Waals surface area contributed by atoms with E-state index in [9.17, 15) is 4.79 Å². The van der Waals surface area contributed by atoms with Gasteiger partial charge < -0.3 is 15.5 Å². The first kappa shape index (κ1) is 20.0. The molecule has 21 heavy (non-hydrogen) atoms. The van der Waals surface area contributed by atoms with Gasteiger partial charge in [0.25, 0.3) is 0 Å². The Balaban J connectivity index is 0.00000200. The molecule has 0 saturated carbocycles. The molecule has 2 N–H and O–H groups in total. The van der Waals surface area contributed by atoms with Gasteiger partial charge >= 0.3 is 0 Å². The van der Waals surface area contributed by atoms with E-state index in [1.165, 1.54) is 0 Å². The van der Waals surface area contributed by atoms with E-state index in [0.29, 0.717) is 12.6 Å². The lowest BCUT2D eigenvalue weighted by molar-refractivity contribution is -0.120.